The summed E-state index contributed by atoms with van der Waals surface area (Å²) in [7, 11) is -3.31. The predicted molar refractivity (Wildman–Crippen MR) is 65.4 cm³/mol. The number of carbonyl (C=O) groups is 2. The van der Waals surface area contributed by atoms with Gasteiger partial charge in [-0.3, -0.25) is 4.79 Å². The van der Waals surface area contributed by atoms with Gasteiger partial charge in [-0.25, -0.2) is 22.0 Å². The number of halogens is 2. The molecular weight excluding hydrogens is 296 g/mol. The topological polar surface area (TPSA) is 101 Å². The number of carboxylic acid groups (broad SMARTS) is 1. The maximum atomic E-state index is 13.1. The van der Waals surface area contributed by atoms with Crippen LogP contribution in [0.15, 0.2) is 12.1 Å². The third-order valence-corrected chi connectivity index (χ3v) is 3.24. The maximum absolute atomic E-state index is 13.1. The highest BCUT2D eigenvalue weighted by atomic mass is 32.2. The van der Waals surface area contributed by atoms with Gasteiger partial charge in [0.05, 0.1) is 16.9 Å². The lowest BCUT2D eigenvalue weighted by atomic mass is 10.1. The molecule has 0 aromatic heterocycles. The molecule has 0 saturated heterocycles. The summed E-state index contributed by atoms with van der Waals surface area (Å²) in [5.41, 5.74) is -1.29. The van der Waals surface area contributed by atoms with Crippen molar-refractivity contribution in [1.29, 1.82) is 0 Å². The fourth-order valence-corrected chi connectivity index (χ4v) is 1.83. The third-order valence-electron chi connectivity index (χ3n) is 2.29. The number of hydrogen-bond acceptors (Lipinski definition) is 4. The van der Waals surface area contributed by atoms with Crippen LogP contribution in [0.5, 0.6) is 0 Å². The minimum Gasteiger partial charge on any atom is -0.478 e. The van der Waals surface area contributed by atoms with E-state index in [9.17, 15) is 26.8 Å². The van der Waals surface area contributed by atoms with E-state index >= 15 is 0 Å². The van der Waals surface area contributed by atoms with Gasteiger partial charge in [-0.15, -0.1) is 0 Å². The number of rotatable bonds is 5. The summed E-state index contributed by atoms with van der Waals surface area (Å²) in [6.07, 6.45) is 0.958. The molecule has 0 bridgehead atoms. The lowest BCUT2D eigenvalue weighted by Gasteiger charge is -2.08. The van der Waals surface area contributed by atoms with Crippen LogP contribution < -0.4 is 5.32 Å². The van der Waals surface area contributed by atoms with E-state index in [0.29, 0.717) is 12.1 Å². The van der Waals surface area contributed by atoms with Crippen LogP contribution in [0.2, 0.25) is 0 Å². The number of carbonyl (C=O) groups excluding carboxylic acids is 1. The first-order valence-electron chi connectivity index (χ1n) is 5.30. The lowest BCUT2D eigenvalue weighted by molar-refractivity contribution is 0.0690. The van der Waals surface area contributed by atoms with Crippen LogP contribution in [-0.4, -0.2) is 44.0 Å². The third kappa shape index (κ3) is 4.26. The van der Waals surface area contributed by atoms with Gasteiger partial charge in [-0.1, -0.05) is 0 Å². The molecule has 0 unspecified atom stereocenters. The van der Waals surface area contributed by atoms with Gasteiger partial charge in [0.2, 0.25) is 0 Å². The van der Waals surface area contributed by atoms with Gasteiger partial charge in [0.15, 0.2) is 11.6 Å². The van der Waals surface area contributed by atoms with E-state index in [4.69, 9.17) is 5.11 Å². The number of nitrogens with one attached hydrogen (secondary N) is 1. The fraction of sp³-hybridized carbons (Fsp3) is 0.273. The van der Waals surface area contributed by atoms with Crippen molar-refractivity contribution in [3.63, 3.8) is 0 Å². The number of benzene rings is 1. The highest BCUT2D eigenvalue weighted by Crippen LogP contribution is 2.15. The molecule has 0 aliphatic carbocycles. The minimum atomic E-state index is -3.31. The summed E-state index contributed by atoms with van der Waals surface area (Å²) in [5, 5.41) is 10.9. The van der Waals surface area contributed by atoms with Crippen LogP contribution in [-0.2, 0) is 9.84 Å². The Balaban J connectivity index is 2.98. The minimum absolute atomic E-state index is 0.268. The Hall–Kier alpha value is -2.03. The Labute approximate surface area is 113 Å². The molecule has 110 valence electrons. The first-order chi connectivity index (χ1) is 9.11. The molecule has 0 aliphatic heterocycles. The van der Waals surface area contributed by atoms with Crippen molar-refractivity contribution in [1.82, 2.24) is 5.32 Å². The Morgan fingerprint density at radius 1 is 1.20 bits per heavy atom. The average Bonchev–Trinajstić information content (AvgIpc) is 2.29. The molecule has 1 rings (SSSR count). The van der Waals surface area contributed by atoms with E-state index in [1.165, 1.54) is 0 Å². The highest BCUT2D eigenvalue weighted by molar-refractivity contribution is 7.90. The van der Waals surface area contributed by atoms with Crippen LogP contribution in [0.3, 0.4) is 0 Å². The number of carboxylic acids is 1. The van der Waals surface area contributed by atoms with E-state index in [1.807, 2.05) is 0 Å². The van der Waals surface area contributed by atoms with Crippen LogP contribution >= 0.6 is 0 Å². The molecular formula is C11H11F2NO5S. The standard InChI is InChI=1S/C11H11F2NO5S/c1-20(18,19)3-2-14-10(15)6-4-8(12)9(13)5-7(6)11(16)17/h4-5H,2-3H2,1H3,(H,14,15)(H,16,17). The maximum Gasteiger partial charge on any atom is 0.336 e. The lowest BCUT2D eigenvalue weighted by Crippen LogP contribution is -2.30. The summed E-state index contributed by atoms with van der Waals surface area (Å²) < 4.78 is 47.7. The van der Waals surface area contributed by atoms with Gasteiger partial charge in [-0.05, 0) is 12.1 Å². The van der Waals surface area contributed by atoms with Gasteiger partial charge in [-0.2, -0.15) is 0 Å². The second-order valence-electron chi connectivity index (χ2n) is 4.00. The van der Waals surface area contributed by atoms with Gasteiger partial charge in [0.25, 0.3) is 5.91 Å². The molecule has 0 saturated carbocycles. The molecule has 20 heavy (non-hydrogen) atoms. The molecule has 0 aliphatic rings. The molecule has 0 fully saturated rings. The van der Waals surface area contributed by atoms with E-state index in [2.05, 4.69) is 5.32 Å². The highest BCUT2D eigenvalue weighted by Gasteiger charge is 2.20. The van der Waals surface area contributed by atoms with Gasteiger partial charge >= 0.3 is 5.97 Å². The quantitative estimate of drug-likeness (QED) is 0.822. The zero-order valence-electron chi connectivity index (χ0n) is 10.3. The Morgan fingerprint density at radius 2 is 1.70 bits per heavy atom. The van der Waals surface area contributed by atoms with Crippen molar-refractivity contribution in [2.75, 3.05) is 18.6 Å². The number of sulfone groups is 1. The Bertz CT molecular complexity index is 657. The molecule has 1 amide bonds. The van der Waals surface area contributed by atoms with E-state index in [1.54, 1.807) is 0 Å². The van der Waals surface area contributed by atoms with Crippen molar-refractivity contribution in [2.24, 2.45) is 0 Å². The second kappa shape index (κ2) is 5.95. The average molecular weight is 307 g/mol. The van der Waals surface area contributed by atoms with E-state index in [0.717, 1.165) is 6.26 Å². The van der Waals surface area contributed by atoms with E-state index < -0.39 is 44.5 Å². The zero-order valence-corrected chi connectivity index (χ0v) is 11.1. The van der Waals surface area contributed by atoms with E-state index in [-0.39, 0.29) is 12.3 Å². The van der Waals surface area contributed by atoms with Crippen molar-refractivity contribution in [3.8, 4) is 0 Å². The predicted octanol–water partition coefficient (Wildman–Crippen LogP) is 0.437. The Morgan fingerprint density at radius 3 is 2.15 bits per heavy atom. The second-order valence-corrected chi connectivity index (χ2v) is 6.26. The molecule has 6 nitrogen and oxygen atoms in total. The SMILES string of the molecule is CS(=O)(=O)CCNC(=O)c1cc(F)c(F)cc1C(=O)O. The largest absolute Gasteiger partial charge is 0.478 e. The molecule has 0 spiro atoms. The number of amides is 1. The summed E-state index contributed by atoms with van der Waals surface area (Å²) in [6, 6.07) is 0.845. The van der Waals surface area contributed by atoms with Gasteiger partial charge in [0.1, 0.15) is 9.84 Å². The number of aromatic carboxylic acids is 1. The number of hydrogen-bond donors (Lipinski definition) is 2. The van der Waals surface area contributed by atoms with Gasteiger partial charge in [0, 0.05) is 12.8 Å². The molecule has 1 aromatic carbocycles. The Kier molecular flexibility index (Phi) is 4.77. The molecule has 9 heteroatoms. The molecule has 0 heterocycles. The van der Waals surface area contributed by atoms with Crippen molar-refractivity contribution < 1.29 is 31.9 Å². The zero-order chi connectivity index (χ0) is 15.5. The molecule has 0 atom stereocenters. The van der Waals surface area contributed by atoms with Crippen LogP contribution in [0.4, 0.5) is 8.78 Å². The normalized spacial score (nSPS) is 11.2. The monoisotopic (exact) mass is 307 g/mol. The first-order valence-corrected chi connectivity index (χ1v) is 7.36. The van der Waals surface area contributed by atoms with Crippen molar-refractivity contribution >= 4 is 21.7 Å². The summed E-state index contributed by atoms with van der Waals surface area (Å²) in [4.78, 5) is 22.5. The fourth-order valence-electron chi connectivity index (χ4n) is 1.36. The van der Waals surface area contributed by atoms with Crippen molar-refractivity contribution in [2.45, 2.75) is 0 Å². The molecule has 2 N–H and O–H groups in total. The van der Waals surface area contributed by atoms with Crippen molar-refractivity contribution in [3.05, 3.63) is 34.9 Å². The van der Waals surface area contributed by atoms with Crippen LogP contribution in [0, 0.1) is 11.6 Å². The molecule has 1 aromatic rings. The molecule has 0 radical (unpaired) electrons. The summed E-state index contributed by atoms with van der Waals surface area (Å²) >= 11 is 0. The summed E-state index contributed by atoms with van der Waals surface area (Å²) in [6.45, 7) is -0.268. The van der Waals surface area contributed by atoms with Gasteiger partial charge < -0.3 is 10.4 Å². The summed E-state index contributed by atoms with van der Waals surface area (Å²) in [5.74, 6) is -5.72. The van der Waals surface area contributed by atoms with Crippen LogP contribution in [0.1, 0.15) is 20.7 Å². The first kappa shape index (κ1) is 16.0. The van der Waals surface area contributed by atoms with Crippen LogP contribution in [0.25, 0.3) is 0 Å². The smallest absolute Gasteiger partial charge is 0.336 e.